The van der Waals surface area contributed by atoms with Crippen LogP contribution in [0.15, 0.2) is 54.7 Å². The second-order valence-corrected chi connectivity index (χ2v) is 16.3. The summed E-state index contributed by atoms with van der Waals surface area (Å²) in [6.45, 7) is 5.00. The number of rotatable bonds is 17. The number of ether oxygens (including phenoxy) is 3. The van der Waals surface area contributed by atoms with E-state index in [-0.39, 0.29) is 36.6 Å². The van der Waals surface area contributed by atoms with E-state index >= 15 is 0 Å². The van der Waals surface area contributed by atoms with Gasteiger partial charge in [0.25, 0.3) is 0 Å². The zero-order valence-corrected chi connectivity index (χ0v) is 33.1. The van der Waals surface area contributed by atoms with Crippen LogP contribution in [-0.2, 0) is 33.0 Å². The molecule has 290 valence electrons. The van der Waals surface area contributed by atoms with Gasteiger partial charge in [-0.2, -0.15) is 5.10 Å². The molecule has 5 aromatic rings. The van der Waals surface area contributed by atoms with E-state index in [4.69, 9.17) is 42.5 Å². The highest BCUT2D eigenvalue weighted by Gasteiger charge is 2.31. The number of H-pyrrole nitrogens is 1. The van der Waals surface area contributed by atoms with Gasteiger partial charge < -0.3 is 19.2 Å². The zero-order chi connectivity index (χ0) is 38.4. The molecule has 1 aliphatic heterocycles. The van der Waals surface area contributed by atoms with Crippen LogP contribution in [0.1, 0.15) is 54.0 Å². The number of aromatic nitrogens is 3. The molecule has 54 heavy (non-hydrogen) atoms. The smallest absolute Gasteiger partial charge is 0.355 e. The number of sulfonamides is 1. The third-order valence-electron chi connectivity index (χ3n) is 9.80. The third kappa shape index (κ3) is 8.87. The lowest BCUT2D eigenvalue weighted by atomic mass is 9.96. The Balaban J connectivity index is 1.34. The summed E-state index contributed by atoms with van der Waals surface area (Å²) in [5, 5.41) is 7.82. The van der Waals surface area contributed by atoms with Crippen molar-refractivity contribution in [1.29, 1.82) is 0 Å². The highest BCUT2D eigenvalue weighted by Crippen LogP contribution is 2.42. The minimum absolute atomic E-state index is 0.0177. The van der Waals surface area contributed by atoms with Crippen LogP contribution < -0.4 is 4.74 Å². The predicted molar refractivity (Wildman–Crippen MR) is 211 cm³/mol. The fourth-order valence-corrected chi connectivity index (χ4v) is 8.89. The Kier molecular flexibility index (Phi) is 13.2. The topological polar surface area (TPSA) is 119 Å². The van der Waals surface area contributed by atoms with Gasteiger partial charge in [0, 0.05) is 67.7 Å². The zero-order valence-electron chi connectivity index (χ0n) is 30.7. The third-order valence-corrected chi connectivity index (χ3v) is 12.3. The van der Waals surface area contributed by atoms with Gasteiger partial charge >= 0.3 is 5.97 Å². The molecule has 0 spiro atoms. The normalized spacial score (nSPS) is 14.6. The van der Waals surface area contributed by atoms with E-state index in [0.29, 0.717) is 86.1 Å². The van der Waals surface area contributed by atoms with Crippen molar-refractivity contribution in [2.45, 2.75) is 38.6 Å². The Hall–Kier alpha value is -3.72. The first-order valence-electron chi connectivity index (χ1n) is 18.2. The molecule has 3 heterocycles. The summed E-state index contributed by atoms with van der Waals surface area (Å²) in [7, 11) is -0.0444. The number of nitrogens with one attached hydrogen (secondary N) is 1. The van der Waals surface area contributed by atoms with Gasteiger partial charge in [0.2, 0.25) is 10.0 Å². The lowest BCUT2D eigenvalue weighted by Gasteiger charge is -2.35. The van der Waals surface area contributed by atoms with E-state index in [9.17, 15) is 17.6 Å². The maximum atomic E-state index is 13.8. The van der Waals surface area contributed by atoms with Crippen LogP contribution in [0.25, 0.3) is 32.8 Å². The molecular weight excluding hydrogens is 756 g/mol. The number of halogens is 3. The Labute approximate surface area is 325 Å². The number of fused-ring (bicyclic) bond motifs is 2. The van der Waals surface area contributed by atoms with E-state index in [1.807, 2.05) is 43.6 Å². The Morgan fingerprint density at radius 1 is 1.13 bits per heavy atom. The van der Waals surface area contributed by atoms with Crippen molar-refractivity contribution < 1.29 is 31.8 Å². The maximum Gasteiger partial charge on any atom is 0.355 e. The van der Waals surface area contributed by atoms with Crippen molar-refractivity contribution in [2.75, 3.05) is 64.7 Å². The number of nitrogens with zero attached hydrogens (tertiary/aromatic N) is 4. The van der Waals surface area contributed by atoms with Crippen molar-refractivity contribution in [2.24, 2.45) is 7.05 Å². The van der Waals surface area contributed by atoms with E-state index in [0.717, 1.165) is 33.0 Å². The van der Waals surface area contributed by atoms with Crippen LogP contribution in [0.2, 0.25) is 5.02 Å². The SMILES string of the molecule is CCOC(=O)c1[nH]c2c(-c3cn(C)nc3C(CCN(C)S(=O)(=O)CCCCl)N3CCOCC3)c(Cl)ccc2c1CCCOc1cccc2cc(F)ccc12. The molecule has 11 nitrogen and oxygen atoms in total. The molecule has 0 saturated carbocycles. The van der Waals surface area contributed by atoms with Gasteiger partial charge in [0.1, 0.15) is 17.3 Å². The highest BCUT2D eigenvalue weighted by atomic mass is 35.5. The predicted octanol–water partition coefficient (Wildman–Crippen LogP) is 7.36. The number of hydrogen-bond acceptors (Lipinski definition) is 8. The van der Waals surface area contributed by atoms with Crippen molar-refractivity contribution in [3.8, 4) is 16.9 Å². The monoisotopic (exact) mass is 801 g/mol. The van der Waals surface area contributed by atoms with Gasteiger partial charge in [-0.15, -0.1) is 11.6 Å². The first-order valence-corrected chi connectivity index (χ1v) is 20.7. The molecule has 1 atom stereocenters. The average Bonchev–Trinajstić information content (AvgIpc) is 3.72. The largest absolute Gasteiger partial charge is 0.493 e. The van der Waals surface area contributed by atoms with Gasteiger partial charge in [-0.1, -0.05) is 29.8 Å². The minimum Gasteiger partial charge on any atom is -0.493 e. The lowest BCUT2D eigenvalue weighted by Crippen LogP contribution is -2.41. The van der Waals surface area contributed by atoms with Crippen LogP contribution >= 0.6 is 23.2 Å². The molecule has 2 aromatic heterocycles. The van der Waals surface area contributed by atoms with E-state index in [2.05, 4.69) is 9.88 Å². The molecule has 0 bridgehead atoms. The summed E-state index contributed by atoms with van der Waals surface area (Å²) in [4.78, 5) is 19.1. The molecule has 0 amide bonds. The number of hydrogen-bond donors (Lipinski definition) is 1. The standard InChI is InChI=1S/C39H46Cl2FN5O6S/c1-4-52-39(48)38-29(9-6-20-53-34-10-5-8-26-24-27(42)11-12-28(26)34)30-13-14-32(41)35(37(30)43-38)31-25-45(2)44-36(31)33(47-18-21-51-22-19-47)15-17-46(3)54(49,50)23-7-16-40/h5,8,10-14,24-25,33,43H,4,6-7,9,15-23H2,1-3H3. The second-order valence-electron chi connectivity index (χ2n) is 13.4. The lowest BCUT2D eigenvalue weighted by molar-refractivity contribution is 0.0126. The summed E-state index contributed by atoms with van der Waals surface area (Å²) in [6.07, 6.45) is 3.84. The number of esters is 1. The molecule has 1 unspecified atom stereocenters. The van der Waals surface area contributed by atoms with Crippen LogP contribution in [0.3, 0.4) is 0 Å². The second kappa shape index (κ2) is 17.8. The van der Waals surface area contributed by atoms with E-state index in [1.165, 1.54) is 16.4 Å². The summed E-state index contributed by atoms with van der Waals surface area (Å²) < 4.78 is 60.3. The highest BCUT2D eigenvalue weighted by molar-refractivity contribution is 7.89. The molecule has 0 radical (unpaired) electrons. The van der Waals surface area contributed by atoms with Crippen LogP contribution in [0, 0.1) is 5.82 Å². The number of aryl methyl sites for hydroxylation is 2. The summed E-state index contributed by atoms with van der Waals surface area (Å²) in [5.41, 5.74) is 4.01. The Morgan fingerprint density at radius 3 is 2.67 bits per heavy atom. The number of aromatic amines is 1. The molecule has 1 N–H and O–H groups in total. The fraction of sp³-hybridized carbons (Fsp3) is 0.436. The first-order chi connectivity index (χ1) is 26.0. The van der Waals surface area contributed by atoms with Crippen LogP contribution in [0.4, 0.5) is 4.39 Å². The molecule has 0 aliphatic carbocycles. The molecule has 3 aromatic carbocycles. The molecular formula is C39H46Cl2FN5O6S. The van der Waals surface area contributed by atoms with Crippen LogP contribution in [-0.4, -0.2) is 103 Å². The van der Waals surface area contributed by atoms with E-state index < -0.39 is 16.0 Å². The Morgan fingerprint density at radius 2 is 1.91 bits per heavy atom. The van der Waals surface area contributed by atoms with Gasteiger partial charge in [0.15, 0.2) is 0 Å². The summed E-state index contributed by atoms with van der Waals surface area (Å²) >= 11 is 12.9. The van der Waals surface area contributed by atoms with Crippen molar-refractivity contribution in [3.05, 3.63) is 82.5 Å². The number of carbonyl (C=O) groups excluding carboxylic acids is 1. The number of carbonyl (C=O) groups is 1. The number of benzene rings is 3. The summed E-state index contributed by atoms with van der Waals surface area (Å²) in [5.74, 6) is 0.128. The molecule has 1 saturated heterocycles. The first kappa shape index (κ1) is 40.0. The quantitative estimate of drug-likeness (QED) is 0.0589. The van der Waals surface area contributed by atoms with Gasteiger partial charge in [-0.05, 0) is 73.9 Å². The minimum atomic E-state index is -3.49. The van der Waals surface area contributed by atoms with Gasteiger partial charge in [0.05, 0.1) is 54.5 Å². The van der Waals surface area contributed by atoms with Gasteiger partial charge in [-0.25, -0.2) is 21.9 Å². The number of alkyl halides is 1. The average molecular weight is 803 g/mol. The maximum absolute atomic E-state index is 13.8. The fourth-order valence-electron chi connectivity index (χ4n) is 7.14. The van der Waals surface area contributed by atoms with Crippen molar-refractivity contribution in [1.82, 2.24) is 24.0 Å². The van der Waals surface area contributed by atoms with Crippen LogP contribution in [0.5, 0.6) is 5.75 Å². The van der Waals surface area contributed by atoms with E-state index in [1.54, 1.807) is 24.7 Å². The molecule has 1 fully saturated rings. The van der Waals surface area contributed by atoms with Crippen molar-refractivity contribution >= 4 is 60.9 Å². The Bertz CT molecular complexity index is 2200. The molecule has 6 rings (SSSR count). The summed E-state index contributed by atoms with van der Waals surface area (Å²) in [6, 6.07) is 13.6. The molecule has 15 heteroatoms. The number of morpholine rings is 1. The van der Waals surface area contributed by atoms with Gasteiger partial charge in [-0.3, -0.25) is 9.58 Å². The van der Waals surface area contributed by atoms with Crippen molar-refractivity contribution in [3.63, 3.8) is 0 Å². The molecule has 1 aliphatic rings.